The summed E-state index contributed by atoms with van der Waals surface area (Å²) in [4.78, 5) is 67.8. The van der Waals surface area contributed by atoms with Crippen LogP contribution < -0.4 is 47.3 Å². The zero-order valence-electron chi connectivity index (χ0n) is 40.2. The highest BCUT2D eigenvalue weighted by Crippen LogP contribution is 2.33. The molecule has 388 valence electrons. The number of nitrogens with zero attached hydrogens (tertiary/aromatic N) is 2. The second-order valence-electron chi connectivity index (χ2n) is 16.6. The number of hydrogen-bond acceptors (Lipinski definition) is 15. The number of anilines is 5. The molecule has 0 radical (unpaired) electrons. The number of aromatic nitrogens is 2. The number of nitrogens with one attached hydrogen (secondary N) is 8. The smallest absolute Gasteiger partial charge is 0.315 e. The maximum atomic E-state index is 14.5. The first-order chi connectivity index (χ1) is 34.6. The van der Waals surface area contributed by atoms with E-state index in [2.05, 4.69) is 59.1 Å². The Kier molecular flexibility index (Phi) is 25.8. The van der Waals surface area contributed by atoms with Crippen LogP contribution in [0, 0.1) is 5.82 Å². The highest BCUT2D eigenvalue weighted by molar-refractivity contribution is 8.00. The molecule has 0 unspecified atom stereocenters. The van der Waals surface area contributed by atoms with Gasteiger partial charge in [-0.05, 0) is 80.6 Å². The summed E-state index contributed by atoms with van der Waals surface area (Å²) in [5.41, 5.74) is 1.67. The van der Waals surface area contributed by atoms with E-state index in [0.717, 1.165) is 50.1 Å². The summed E-state index contributed by atoms with van der Waals surface area (Å²) in [5.74, 6) is 0.470. The van der Waals surface area contributed by atoms with Gasteiger partial charge in [0.2, 0.25) is 29.6 Å². The highest BCUT2D eigenvalue weighted by atomic mass is 32.2. The van der Waals surface area contributed by atoms with Gasteiger partial charge in [0, 0.05) is 80.2 Å². The molecule has 20 nitrogen and oxygen atoms in total. The predicted molar refractivity (Wildman–Crippen MR) is 270 cm³/mol. The third-order valence-electron chi connectivity index (χ3n) is 11.0. The van der Waals surface area contributed by atoms with Crippen molar-refractivity contribution in [2.45, 2.75) is 81.5 Å². The largest absolute Gasteiger partial charge is 0.491 e. The lowest BCUT2D eigenvalue weighted by Gasteiger charge is -2.16. The number of halogens is 1. The number of benzene rings is 2. The maximum absolute atomic E-state index is 14.5. The van der Waals surface area contributed by atoms with Crippen molar-refractivity contribution < 1.29 is 52.0 Å². The quantitative estimate of drug-likeness (QED) is 0.0213. The van der Waals surface area contributed by atoms with E-state index < -0.39 is 5.82 Å². The topological polar surface area (TPSA) is 254 Å². The molecule has 0 bridgehead atoms. The minimum Gasteiger partial charge on any atom is -0.491 e. The Balaban J connectivity index is 0.745. The van der Waals surface area contributed by atoms with Crippen LogP contribution in [0.1, 0.15) is 64.2 Å². The molecule has 2 fully saturated rings. The minimum absolute atomic E-state index is 0.0525. The molecule has 5 rings (SSSR count). The number of ether oxygens (including phenoxy) is 5. The van der Waals surface area contributed by atoms with Gasteiger partial charge in [-0.3, -0.25) is 19.2 Å². The van der Waals surface area contributed by atoms with Crippen molar-refractivity contribution in [1.29, 1.82) is 0 Å². The molecule has 0 spiro atoms. The lowest BCUT2D eigenvalue weighted by Crippen LogP contribution is -2.36. The lowest BCUT2D eigenvalue weighted by molar-refractivity contribution is -0.123. The zero-order valence-corrected chi connectivity index (χ0v) is 41.1. The SMILES string of the molecule is C=CC(=O)Nc1cccc(Nc2nc(Nc3ccc(OCCOCCNC(=O)CCCC(=O)NCCCOCCOCCOCCCNC(=O)CCCCC[C@@H]4SC[C@@H]5NC(=O)N[C@@H]54)cc3)ncc2F)c1. The number of amides is 6. The Hall–Kier alpha value is -6.07. The molecule has 2 saturated heterocycles. The number of rotatable bonds is 37. The molecule has 6 amide bonds. The van der Waals surface area contributed by atoms with Gasteiger partial charge in [-0.1, -0.05) is 25.5 Å². The van der Waals surface area contributed by atoms with Crippen LogP contribution in [-0.2, 0) is 38.1 Å². The van der Waals surface area contributed by atoms with Crippen molar-refractivity contribution in [1.82, 2.24) is 36.6 Å². The van der Waals surface area contributed by atoms with Crippen molar-refractivity contribution in [3.8, 4) is 5.75 Å². The standard InChI is InChI=1S/C49H69FN10O10S/c1-2-42(61)55-36-10-6-11-37(32-36)56-47-39(50)33-54-48(60-47)57-35-16-18-38(19-17-35)70-31-30-68-25-22-53-45(64)15-7-14-44(63)52-21-9-24-67-27-29-69-28-26-66-23-8-20-51-43(62)13-5-3-4-12-41-46-40(34-71-41)58-49(65)59-46/h2,6,10-11,16-19,32-33,40-41,46H,1,3-5,7-9,12-15,20-31,34H2,(H,51,62)(H,52,63)(H,53,64)(H,55,61)(H2,58,59,65)(H2,54,56,57,60)/t40-,41-,46-/m0/s1. The van der Waals surface area contributed by atoms with Crippen LogP contribution in [-0.4, -0.2) is 142 Å². The number of carbonyl (C=O) groups is 5. The molecule has 2 aliphatic heterocycles. The van der Waals surface area contributed by atoms with Crippen molar-refractivity contribution in [2.75, 3.05) is 101 Å². The Morgan fingerprint density at radius 1 is 0.704 bits per heavy atom. The summed E-state index contributed by atoms with van der Waals surface area (Å²) in [6.45, 7) is 8.59. The van der Waals surface area contributed by atoms with E-state index in [1.165, 1.54) is 0 Å². The molecule has 22 heteroatoms. The Morgan fingerprint density at radius 2 is 1.34 bits per heavy atom. The minimum atomic E-state index is -0.656. The van der Waals surface area contributed by atoms with Gasteiger partial charge in [0.1, 0.15) is 12.4 Å². The summed E-state index contributed by atoms with van der Waals surface area (Å²) in [7, 11) is 0. The second-order valence-corrected chi connectivity index (χ2v) is 17.8. The number of carbonyl (C=O) groups excluding carboxylic acids is 5. The van der Waals surface area contributed by atoms with Gasteiger partial charge >= 0.3 is 6.03 Å². The van der Waals surface area contributed by atoms with Crippen molar-refractivity contribution >= 4 is 70.3 Å². The Labute approximate surface area is 418 Å². The molecule has 2 aliphatic rings. The summed E-state index contributed by atoms with van der Waals surface area (Å²) in [6, 6.07) is 14.2. The first-order valence-electron chi connectivity index (χ1n) is 24.3. The fraction of sp³-hybridized carbons (Fsp3) is 0.531. The van der Waals surface area contributed by atoms with E-state index in [9.17, 15) is 28.4 Å². The molecule has 3 aromatic rings. The summed E-state index contributed by atoms with van der Waals surface area (Å²) >= 11 is 1.92. The van der Waals surface area contributed by atoms with Gasteiger partial charge in [0.15, 0.2) is 11.6 Å². The van der Waals surface area contributed by atoms with Gasteiger partial charge in [-0.2, -0.15) is 16.7 Å². The Bertz CT molecular complexity index is 2130. The number of urea groups is 1. The number of thioether (sulfide) groups is 1. The molecule has 71 heavy (non-hydrogen) atoms. The first kappa shape index (κ1) is 55.9. The second kappa shape index (κ2) is 32.7. The van der Waals surface area contributed by atoms with E-state index in [4.69, 9.17) is 23.7 Å². The number of hydrogen-bond donors (Lipinski definition) is 8. The van der Waals surface area contributed by atoms with Crippen LogP contribution >= 0.6 is 11.8 Å². The van der Waals surface area contributed by atoms with Gasteiger partial charge in [-0.15, -0.1) is 0 Å². The zero-order chi connectivity index (χ0) is 50.3. The van der Waals surface area contributed by atoms with E-state index in [0.29, 0.717) is 126 Å². The Morgan fingerprint density at radius 3 is 2.04 bits per heavy atom. The van der Waals surface area contributed by atoms with Crippen molar-refractivity contribution in [3.63, 3.8) is 0 Å². The summed E-state index contributed by atoms with van der Waals surface area (Å²) < 4.78 is 42.5. The number of unbranched alkanes of at least 4 members (excludes halogenated alkanes) is 2. The van der Waals surface area contributed by atoms with Crippen molar-refractivity contribution in [3.05, 3.63) is 73.2 Å². The average molecular weight is 1010 g/mol. The normalized spacial score (nSPS) is 15.7. The van der Waals surface area contributed by atoms with E-state index in [1.807, 2.05) is 11.8 Å². The average Bonchev–Trinajstić information content (AvgIpc) is 3.92. The molecule has 8 N–H and O–H groups in total. The van der Waals surface area contributed by atoms with Gasteiger partial charge in [-0.25, -0.2) is 14.2 Å². The fourth-order valence-electron chi connectivity index (χ4n) is 7.34. The molecule has 3 heterocycles. The fourth-order valence-corrected chi connectivity index (χ4v) is 8.88. The summed E-state index contributed by atoms with van der Waals surface area (Å²) in [5, 5.41) is 23.6. The molecule has 1 aromatic heterocycles. The van der Waals surface area contributed by atoms with E-state index >= 15 is 0 Å². The van der Waals surface area contributed by atoms with Gasteiger partial charge < -0.3 is 66.2 Å². The molecule has 0 aliphatic carbocycles. The summed E-state index contributed by atoms with van der Waals surface area (Å²) in [6.07, 6.45) is 9.05. The van der Waals surface area contributed by atoms with Gasteiger partial charge in [0.25, 0.3) is 0 Å². The third-order valence-corrected chi connectivity index (χ3v) is 12.5. The van der Waals surface area contributed by atoms with Crippen molar-refractivity contribution in [2.24, 2.45) is 0 Å². The van der Waals surface area contributed by atoms with Crippen LogP contribution in [0.3, 0.4) is 0 Å². The van der Waals surface area contributed by atoms with Crippen LogP contribution in [0.4, 0.5) is 38.0 Å². The molecule has 2 aromatic carbocycles. The first-order valence-corrected chi connectivity index (χ1v) is 25.3. The molecule has 3 atom stereocenters. The van der Waals surface area contributed by atoms with Gasteiger partial charge in [0.05, 0.1) is 57.9 Å². The third kappa shape index (κ3) is 22.7. The van der Waals surface area contributed by atoms with Crippen LogP contribution in [0.25, 0.3) is 0 Å². The monoisotopic (exact) mass is 1010 g/mol. The predicted octanol–water partition coefficient (Wildman–Crippen LogP) is 5.09. The number of fused-ring (bicyclic) bond motifs is 1. The molecular weight excluding hydrogens is 940 g/mol. The van der Waals surface area contributed by atoms with E-state index in [1.54, 1.807) is 48.5 Å². The highest BCUT2D eigenvalue weighted by Gasteiger charge is 2.42. The van der Waals surface area contributed by atoms with E-state index in [-0.39, 0.29) is 66.4 Å². The lowest BCUT2D eigenvalue weighted by atomic mass is 10.0. The molecular formula is C49H69FN10O10S. The maximum Gasteiger partial charge on any atom is 0.315 e. The van der Waals surface area contributed by atoms with Crippen LogP contribution in [0.2, 0.25) is 0 Å². The van der Waals surface area contributed by atoms with Crippen LogP contribution in [0.5, 0.6) is 5.75 Å². The van der Waals surface area contributed by atoms with Crippen LogP contribution in [0.15, 0.2) is 67.4 Å². The molecule has 0 saturated carbocycles.